The molecule has 0 spiro atoms. The lowest BCUT2D eigenvalue weighted by Gasteiger charge is -2.26. The highest BCUT2D eigenvalue weighted by Crippen LogP contribution is 2.04. The molecule has 0 radical (unpaired) electrons. The maximum absolute atomic E-state index is 11.2. The zero-order valence-corrected chi connectivity index (χ0v) is 7.80. The van der Waals surface area contributed by atoms with Crippen LogP contribution in [0.25, 0.3) is 0 Å². The van der Waals surface area contributed by atoms with E-state index in [9.17, 15) is 9.59 Å². The van der Waals surface area contributed by atoms with Crippen LogP contribution in [0, 0.1) is 0 Å². The molecule has 4 heteroatoms. The van der Waals surface area contributed by atoms with E-state index in [-0.39, 0.29) is 11.9 Å². The van der Waals surface area contributed by atoms with Gasteiger partial charge in [0.05, 0.1) is 0 Å². The number of amides is 3. The Bertz CT molecular complexity index is 248. The van der Waals surface area contributed by atoms with Crippen LogP contribution in [0.5, 0.6) is 0 Å². The zero-order valence-electron chi connectivity index (χ0n) is 7.80. The maximum atomic E-state index is 11.2. The van der Waals surface area contributed by atoms with Gasteiger partial charge in [-0.2, -0.15) is 0 Å². The van der Waals surface area contributed by atoms with E-state index in [2.05, 4.69) is 11.9 Å². The van der Waals surface area contributed by atoms with Gasteiger partial charge in [-0.1, -0.05) is 5.57 Å². The molecule has 4 nitrogen and oxygen atoms in total. The molecule has 0 unspecified atom stereocenters. The van der Waals surface area contributed by atoms with E-state index >= 15 is 0 Å². The van der Waals surface area contributed by atoms with Gasteiger partial charge in [-0.15, -0.1) is 6.58 Å². The zero-order chi connectivity index (χ0) is 9.84. The predicted molar refractivity (Wildman–Crippen MR) is 49.2 cm³/mol. The monoisotopic (exact) mass is 182 g/mol. The van der Waals surface area contributed by atoms with E-state index in [1.165, 1.54) is 0 Å². The summed E-state index contributed by atoms with van der Waals surface area (Å²) in [6, 6.07) is -0.280. The number of hydrogen-bond acceptors (Lipinski definition) is 2. The maximum Gasteiger partial charge on any atom is 0.324 e. The number of nitrogens with one attached hydrogen (secondary N) is 1. The van der Waals surface area contributed by atoms with Crippen molar-refractivity contribution in [1.82, 2.24) is 10.2 Å². The summed E-state index contributed by atoms with van der Waals surface area (Å²) in [4.78, 5) is 23.6. The first-order valence-electron chi connectivity index (χ1n) is 4.32. The van der Waals surface area contributed by atoms with Gasteiger partial charge in [0.25, 0.3) is 0 Å². The van der Waals surface area contributed by atoms with Crippen molar-refractivity contribution in [2.75, 3.05) is 13.1 Å². The van der Waals surface area contributed by atoms with Crippen molar-refractivity contribution < 1.29 is 9.59 Å². The Morgan fingerprint density at radius 1 is 1.62 bits per heavy atom. The van der Waals surface area contributed by atoms with E-state index in [4.69, 9.17) is 0 Å². The summed E-state index contributed by atoms with van der Waals surface area (Å²) in [6.07, 6.45) is 1.20. The van der Waals surface area contributed by atoms with Gasteiger partial charge in [-0.25, -0.2) is 4.79 Å². The quantitative estimate of drug-likeness (QED) is 0.659. The summed E-state index contributed by atoms with van der Waals surface area (Å²) in [5.74, 6) is -0.184. The molecule has 72 valence electrons. The van der Waals surface area contributed by atoms with E-state index < -0.39 is 0 Å². The van der Waals surface area contributed by atoms with Crippen LogP contribution in [0.15, 0.2) is 12.2 Å². The summed E-state index contributed by atoms with van der Waals surface area (Å²) in [6.45, 7) is 6.85. The van der Waals surface area contributed by atoms with Crippen molar-refractivity contribution in [2.24, 2.45) is 0 Å². The first-order chi connectivity index (χ1) is 6.09. The minimum absolute atomic E-state index is 0.184. The highest BCUT2D eigenvalue weighted by atomic mass is 16.2. The highest BCUT2D eigenvalue weighted by molar-refractivity contribution is 5.96. The Balaban J connectivity index is 2.38. The largest absolute Gasteiger partial charge is 0.324 e. The van der Waals surface area contributed by atoms with Crippen LogP contribution < -0.4 is 5.32 Å². The number of carbonyl (C=O) groups is 2. The first kappa shape index (κ1) is 9.77. The molecular formula is C9H14N2O2. The number of hydrogen-bond donors (Lipinski definition) is 1. The first-order valence-corrected chi connectivity index (χ1v) is 4.32. The van der Waals surface area contributed by atoms with Gasteiger partial charge in [-0.3, -0.25) is 10.1 Å². The Labute approximate surface area is 77.6 Å². The normalized spacial score (nSPS) is 17.2. The van der Waals surface area contributed by atoms with Crippen molar-refractivity contribution >= 4 is 11.9 Å². The molecule has 13 heavy (non-hydrogen) atoms. The summed E-state index contributed by atoms with van der Waals surface area (Å²) in [5.41, 5.74) is 1.05. The number of carbonyl (C=O) groups excluding carboxylic acids is 2. The van der Waals surface area contributed by atoms with E-state index in [0.29, 0.717) is 19.5 Å². The number of nitrogens with zero attached hydrogens (tertiary/aromatic N) is 1. The third-order valence-corrected chi connectivity index (χ3v) is 1.95. The fourth-order valence-electron chi connectivity index (χ4n) is 1.14. The second-order valence-corrected chi connectivity index (χ2v) is 3.30. The molecule has 1 aliphatic heterocycles. The molecule has 3 amide bonds. The molecule has 0 aliphatic carbocycles. The van der Waals surface area contributed by atoms with Crippen molar-refractivity contribution in [2.45, 2.75) is 19.8 Å². The topological polar surface area (TPSA) is 49.4 Å². The third-order valence-electron chi connectivity index (χ3n) is 1.95. The van der Waals surface area contributed by atoms with Gasteiger partial charge < -0.3 is 4.90 Å². The van der Waals surface area contributed by atoms with E-state index in [0.717, 1.165) is 12.0 Å². The van der Waals surface area contributed by atoms with Gasteiger partial charge in [0.15, 0.2) is 0 Å². The molecule has 0 aromatic carbocycles. The summed E-state index contributed by atoms with van der Waals surface area (Å²) in [5, 5.41) is 2.27. The Kier molecular flexibility index (Phi) is 3.06. The van der Waals surface area contributed by atoms with Gasteiger partial charge in [0.2, 0.25) is 5.91 Å². The third kappa shape index (κ3) is 2.89. The lowest BCUT2D eigenvalue weighted by atomic mass is 10.2. The molecule has 0 aromatic rings. The molecular weight excluding hydrogens is 168 g/mol. The molecule has 0 bridgehead atoms. The number of imide groups is 1. The molecule has 1 saturated heterocycles. The second kappa shape index (κ2) is 4.07. The van der Waals surface area contributed by atoms with Gasteiger partial charge >= 0.3 is 6.03 Å². The van der Waals surface area contributed by atoms with Gasteiger partial charge in [0.1, 0.15) is 0 Å². The van der Waals surface area contributed by atoms with Crippen LogP contribution in [0.2, 0.25) is 0 Å². The molecule has 0 atom stereocenters. The van der Waals surface area contributed by atoms with Crippen molar-refractivity contribution in [1.29, 1.82) is 0 Å². The molecule has 0 aromatic heterocycles. The molecule has 1 aliphatic rings. The number of rotatable bonds is 3. The Morgan fingerprint density at radius 2 is 2.31 bits per heavy atom. The molecule has 1 N–H and O–H groups in total. The van der Waals surface area contributed by atoms with Crippen LogP contribution in [0.3, 0.4) is 0 Å². The predicted octanol–water partition coefficient (Wildman–Crippen LogP) is 0.895. The standard InChI is InChI=1S/C9H14N2O2/c1-7(2)3-5-11-6-4-8(12)10-9(11)13/h1,3-6H2,2H3,(H,10,12,13). The minimum Gasteiger partial charge on any atom is -0.324 e. The summed E-state index contributed by atoms with van der Waals surface area (Å²) in [7, 11) is 0. The fourth-order valence-corrected chi connectivity index (χ4v) is 1.14. The van der Waals surface area contributed by atoms with Crippen molar-refractivity contribution in [3.63, 3.8) is 0 Å². The Hall–Kier alpha value is -1.32. The van der Waals surface area contributed by atoms with E-state index in [1.807, 2.05) is 6.92 Å². The van der Waals surface area contributed by atoms with Crippen LogP contribution in [0.1, 0.15) is 19.8 Å². The van der Waals surface area contributed by atoms with Crippen molar-refractivity contribution in [3.05, 3.63) is 12.2 Å². The molecule has 1 heterocycles. The van der Waals surface area contributed by atoms with Crippen LogP contribution >= 0.6 is 0 Å². The molecule has 1 rings (SSSR count). The van der Waals surface area contributed by atoms with Gasteiger partial charge in [-0.05, 0) is 13.3 Å². The van der Waals surface area contributed by atoms with Crippen LogP contribution in [-0.2, 0) is 4.79 Å². The fraction of sp³-hybridized carbons (Fsp3) is 0.556. The summed E-state index contributed by atoms with van der Waals surface area (Å²) >= 11 is 0. The average Bonchev–Trinajstić information content (AvgIpc) is 2.02. The highest BCUT2D eigenvalue weighted by Gasteiger charge is 2.21. The summed E-state index contributed by atoms with van der Waals surface area (Å²) < 4.78 is 0. The number of urea groups is 1. The SMILES string of the molecule is C=C(C)CCN1CCC(=O)NC1=O. The van der Waals surface area contributed by atoms with Crippen molar-refractivity contribution in [3.8, 4) is 0 Å². The smallest absolute Gasteiger partial charge is 0.324 e. The van der Waals surface area contributed by atoms with Crippen LogP contribution in [-0.4, -0.2) is 29.9 Å². The average molecular weight is 182 g/mol. The minimum atomic E-state index is -0.280. The lowest BCUT2D eigenvalue weighted by molar-refractivity contribution is -0.121. The lowest BCUT2D eigenvalue weighted by Crippen LogP contribution is -2.49. The van der Waals surface area contributed by atoms with E-state index in [1.54, 1.807) is 4.90 Å². The van der Waals surface area contributed by atoms with Gasteiger partial charge in [0, 0.05) is 19.5 Å². The van der Waals surface area contributed by atoms with Crippen LogP contribution in [0.4, 0.5) is 4.79 Å². The molecule has 1 fully saturated rings. The Morgan fingerprint density at radius 3 is 2.85 bits per heavy atom. The molecule has 0 saturated carbocycles. The second-order valence-electron chi connectivity index (χ2n) is 3.30.